The second kappa shape index (κ2) is 7.90. The zero-order valence-electron chi connectivity index (χ0n) is 12.5. The Labute approximate surface area is 122 Å². The Bertz CT molecular complexity index is 451. The molecule has 0 aliphatic carbocycles. The van der Waals surface area contributed by atoms with Crippen molar-refractivity contribution in [3.8, 4) is 0 Å². The van der Waals surface area contributed by atoms with Gasteiger partial charge in [0.05, 0.1) is 13.0 Å². The lowest BCUT2D eigenvalue weighted by molar-refractivity contribution is -0.132. The van der Waals surface area contributed by atoms with Crippen molar-refractivity contribution in [2.45, 2.75) is 39.5 Å². The Morgan fingerprint density at radius 3 is 2.67 bits per heavy atom. The van der Waals surface area contributed by atoms with Gasteiger partial charge >= 0.3 is 6.18 Å². The molecule has 0 amide bonds. The summed E-state index contributed by atoms with van der Waals surface area (Å²) in [7, 11) is 1.52. The third-order valence-electron chi connectivity index (χ3n) is 2.70. The van der Waals surface area contributed by atoms with Crippen LogP contribution in [-0.2, 0) is 13.1 Å². The van der Waals surface area contributed by atoms with E-state index < -0.39 is 12.6 Å². The van der Waals surface area contributed by atoms with E-state index in [2.05, 4.69) is 34.5 Å². The Morgan fingerprint density at radius 1 is 1.38 bits per heavy atom. The maximum atomic E-state index is 12.1. The molecule has 0 aliphatic heterocycles. The quantitative estimate of drug-likeness (QED) is 0.625. The topological polar surface area (TPSA) is 54.2 Å². The van der Waals surface area contributed by atoms with Crippen molar-refractivity contribution in [2.24, 2.45) is 10.9 Å². The third-order valence-corrected chi connectivity index (χ3v) is 2.70. The van der Waals surface area contributed by atoms with Crippen LogP contribution >= 0.6 is 0 Å². The van der Waals surface area contributed by atoms with E-state index in [1.807, 2.05) is 10.8 Å². The summed E-state index contributed by atoms with van der Waals surface area (Å²) in [6.07, 6.45) is -1.47. The summed E-state index contributed by atoms with van der Waals surface area (Å²) in [5.41, 5.74) is 0. The van der Waals surface area contributed by atoms with Crippen LogP contribution in [0.4, 0.5) is 13.2 Å². The number of alkyl halides is 3. The predicted octanol–water partition coefficient (Wildman–Crippen LogP) is 2.16. The van der Waals surface area contributed by atoms with Crippen molar-refractivity contribution in [1.29, 1.82) is 0 Å². The van der Waals surface area contributed by atoms with Gasteiger partial charge in [-0.1, -0.05) is 13.8 Å². The molecular formula is C13H22F3N5. The van der Waals surface area contributed by atoms with Crippen molar-refractivity contribution in [1.82, 2.24) is 20.2 Å². The minimum atomic E-state index is -4.17. The molecule has 0 spiro atoms. The SMILES string of the molecule is CN=C(NCCC(F)(F)F)NCc1nccn1CC(C)C. The lowest BCUT2D eigenvalue weighted by Gasteiger charge is -2.14. The molecule has 1 rings (SSSR count). The molecule has 0 atom stereocenters. The van der Waals surface area contributed by atoms with Gasteiger partial charge in [-0.15, -0.1) is 0 Å². The first-order chi connectivity index (χ1) is 9.81. The zero-order chi connectivity index (χ0) is 15.9. The Morgan fingerprint density at radius 2 is 2.10 bits per heavy atom. The molecule has 0 unspecified atom stereocenters. The van der Waals surface area contributed by atoms with E-state index in [-0.39, 0.29) is 6.54 Å². The molecule has 120 valence electrons. The lowest BCUT2D eigenvalue weighted by atomic mass is 10.2. The van der Waals surface area contributed by atoms with Crippen LogP contribution in [0, 0.1) is 5.92 Å². The average Bonchev–Trinajstić information content (AvgIpc) is 2.78. The van der Waals surface area contributed by atoms with Crippen LogP contribution in [0.1, 0.15) is 26.1 Å². The number of aliphatic imine (C=N–C) groups is 1. The summed E-state index contributed by atoms with van der Waals surface area (Å²) in [4.78, 5) is 8.12. The van der Waals surface area contributed by atoms with Crippen LogP contribution in [0.5, 0.6) is 0 Å². The fourth-order valence-electron chi connectivity index (χ4n) is 1.77. The number of aromatic nitrogens is 2. The van der Waals surface area contributed by atoms with Crippen molar-refractivity contribution >= 4 is 5.96 Å². The van der Waals surface area contributed by atoms with E-state index in [1.165, 1.54) is 7.05 Å². The van der Waals surface area contributed by atoms with Crippen LogP contribution < -0.4 is 10.6 Å². The van der Waals surface area contributed by atoms with Crippen LogP contribution in [0.3, 0.4) is 0 Å². The maximum absolute atomic E-state index is 12.1. The molecular weight excluding hydrogens is 283 g/mol. The standard InChI is InChI=1S/C13H22F3N5/c1-10(2)9-21-7-6-18-11(21)8-20-12(17-3)19-5-4-13(14,15)16/h6-7,10H,4-5,8-9H2,1-3H3,(H2,17,19,20). The van der Waals surface area contributed by atoms with E-state index in [0.29, 0.717) is 18.4 Å². The van der Waals surface area contributed by atoms with Crippen LogP contribution in [0.25, 0.3) is 0 Å². The van der Waals surface area contributed by atoms with Crippen LogP contribution in [-0.4, -0.2) is 35.3 Å². The number of imidazole rings is 1. The minimum Gasteiger partial charge on any atom is -0.356 e. The van der Waals surface area contributed by atoms with Gasteiger partial charge in [0, 0.05) is 32.5 Å². The molecule has 1 heterocycles. The van der Waals surface area contributed by atoms with Crippen molar-refractivity contribution in [3.05, 3.63) is 18.2 Å². The maximum Gasteiger partial charge on any atom is 0.390 e. The molecule has 5 nitrogen and oxygen atoms in total. The second-order valence-corrected chi connectivity index (χ2v) is 5.11. The smallest absolute Gasteiger partial charge is 0.356 e. The molecule has 0 radical (unpaired) electrons. The average molecular weight is 305 g/mol. The number of rotatable bonds is 6. The summed E-state index contributed by atoms with van der Waals surface area (Å²) in [5, 5.41) is 5.59. The van der Waals surface area contributed by atoms with E-state index in [9.17, 15) is 13.2 Å². The molecule has 0 saturated heterocycles. The summed E-state index contributed by atoms with van der Waals surface area (Å²) in [5.74, 6) is 1.64. The van der Waals surface area contributed by atoms with E-state index in [4.69, 9.17) is 0 Å². The number of guanidine groups is 1. The van der Waals surface area contributed by atoms with Gasteiger partial charge in [-0.05, 0) is 5.92 Å². The van der Waals surface area contributed by atoms with Crippen LogP contribution in [0.2, 0.25) is 0 Å². The van der Waals surface area contributed by atoms with Gasteiger partial charge < -0.3 is 15.2 Å². The molecule has 0 saturated carbocycles. The lowest BCUT2D eigenvalue weighted by Crippen LogP contribution is -2.39. The first-order valence-electron chi connectivity index (χ1n) is 6.83. The van der Waals surface area contributed by atoms with Crippen molar-refractivity contribution < 1.29 is 13.2 Å². The number of hydrogen-bond donors (Lipinski definition) is 2. The number of nitrogens with zero attached hydrogens (tertiary/aromatic N) is 3. The Balaban J connectivity index is 2.44. The van der Waals surface area contributed by atoms with Crippen molar-refractivity contribution in [3.63, 3.8) is 0 Å². The van der Waals surface area contributed by atoms with Gasteiger partial charge in [-0.25, -0.2) is 4.98 Å². The largest absolute Gasteiger partial charge is 0.390 e. The highest BCUT2D eigenvalue weighted by Gasteiger charge is 2.26. The third kappa shape index (κ3) is 7.01. The summed E-state index contributed by atoms with van der Waals surface area (Å²) in [6, 6.07) is 0. The van der Waals surface area contributed by atoms with E-state index in [1.54, 1.807) is 6.20 Å². The van der Waals surface area contributed by atoms with Gasteiger partial charge in [0.15, 0.2) is 5.96 Å². The van der Waals surface area contributed by atoms with Gasteiger partial charge in [0.25, 0.3) is 0 Å². The molecule has 0 bridgehead atoms. The molecule has 8 heteroatoms. The highest BCUT2D eigenvalue weighted by molar-refractivity contribution is 5.79. The highest BCUT2D eigenvalue weighted by Crippen LogP contribution is 2.18. The van der Waals surface area contributed by atoms with Gasteiger partial charge in [0.2, 0.25) is 0 Å². The van der Waals surface area contributed by atoms with E-state index in [0.717, 1.165) is 12.4 Å². The van der Waals surface area contributed by atoms with Crippen LogP contribution in [0.15, 0.2) is 17.4 Å². The van der Waals surface area contributed by atoms with Gasteiger partial charge in [-0.3, -0.25) is 4.99 Å². The molecule has 0 fully saturated rings. The molecule has 0 aromatic carbocycles. The summed E-state index contributed by atoms with van der Waals surface area (Å²) >= 11 is 0. The summed E-state index contributed by atoms with van der Waals surface area (Å²) < 4.78 is 38.3. The van der Waals surface area contributed by atoms with Gasteiger partial charge in [-0.2, -0.15) is 13.2 Å². The number of halogens is 3. The monoisotopic (exact) mass is 305 g/mol. The minimum absolute atomic E-state index is 0.205. The molecule has 1 aromatic heterocycles. The molecule has 0 aliphatic rings. The fourth-order valence-corrected chi connectivity index (χ4v) is 1.77. The van der Waals surface area contributed by atoms with Gasteiger partial charge in [0.1, 0.15) is 5.82 Å². The second-order valence-electron chi connectivity index (χ2n) is 5.11. The molecule has 1 aromatic rings. The first kappa shape index (κ1) is 17.3. The van der Waals surface area contributed by atoms with E-state index >= 15 is 0 Å². The highest BCUT2D eigenvalue weighted by atomic mass is 19.4. The Hall–Kier alpha value is -1.73. The van der Waals surface area contributed by atoms with Crippen molar-refractivity contribution in [2.75, 3.05) is 13.6 Å². The fraction of sp³-hybridized carbons (Fsp3) is 0.692. The number of hydrogen-bond acceptors (Lipinski definition) is 2. The number of nitrogens with one attached hydrogen (secondary N) is 2. The summed E-state index contributed by atoms with van der Waals surface area (Å²) in [6.45, 7) is 5.26. The first-order valence-corrected chi connectivity index (χ1v) is 6.83. The Kier molecular flexibility index (Phi) is 6.51. The normalized spacial score (nSPS) is 12.8. The molecule has 2 N–H and O–H groups in total. The molecule has 21 heavy (non-hydrogen) atoms. The zero-order valence-corrected chi connectivity index (χ0v) is 12.5. The predicted molar refractivity (Wildman–Crippen MR) is 75.9 cm³/mol.